The lowest BCUT2D eigenvalue weighted by Crippen LogP contribution is -2.41. The highest BCUT2D eigenvalue weighted by Crippen LogP contribution is 2.44. The van der Waals surface area contributed by atoms with Gasteiger partial charge in [-0.1, -0.05) is 24.3 Å². The topological polar surface area (TPSA) is 40.6 Å². The molecule has 2 aromatic carbocycles. The maximum Gasteiger partial charge on any atom is 0.213 e. The first-order chi connectivity index (χ1) is 10.8. The van der Waals surface area contributed by atoms with Crippen LogP contribution in [0.2, 0.25) is 0 Å². The van der Waals surface area contributed by atoms with Crippen molar-refractivity contribution in [1.29, 1.82) is 0 Å². The number of anilines is 2. The largest absolute Gasteiger partial charge is 0.334 e. The van der Waals surface area contributed by atoms with Gasteiger partial charge < -0.3 is 9.80 Å². The number of hydrogen-bond donors (Lipinski definition) is 0. The third-order valence-corrected chi connectivity index (χ3v) is 4.62. The van der Waals surface area contributed by atoms with Crippen molar-refractivity contribution in [2.24, 2.45) is 0 Å². The molecule has 0 aliphatic carbocycles. The summed E-state index contributed by atoms with van der Waals surface area (Å²) in [4.78, 5) is 29.6. The fraction of sp³-hybridized carbons (Fsp3) is 0.111. The third kappa shape index (κ3) is 1.23. The SMILES string of the molecule is O=C1C2=C3C(=O)c4ccccc4N3CCN2c2ccccc21. The lowest BCUT2D eigenvalue weighted by Gasteiger charge is -2.33. The van der Waals surface area contributed by atoms with Crippen molar-refractivity contribution in [3.63, 3.8) is 0 Å². The Labute approximate surface area is 127 Å². The Hall–Kier alpha value is -2.88. The Morgan fingerprint density at radius 1 is 0.636 bits per heavy atom. The van der Waals surface area contributed by atoms with E-state index in [9.17, 15) is 9.59 Å². The minimum Gasteiger partial charge on any atom is -0.334 e. The molecule has 0 amide bonds. The Bertz CT molecular complexity index is 824. The van der Waals surface area contributed by atoms with E-state index in [4.69, 9.17) is 0 Å². The summed E-state index contributed by atoms with van der Waals surface area (Å²) >= 11 is 0. The minimum atomic E-state index is -0.0449. The zero-order chi connectivity index (χ0) is 14.8. The molecule has 0 saturated heterocycles. The van der Waals surface area contributed by atoms with E-state index in [2.05, 4.69) is 0 Å². The molecular formula is C18H12N2O2. The van der Waals surface area contributed by atoms with Crippen LogP contribution in [0.15, 0.2) is 59.9 Å². The van der Waals surface area contributed by atoms with Crippen LogP contribution >= 0.6 is 0 Å². The first-order valence-electron chi connectivity index (χ1n) is 7.34. The van der Waals surface area contributed by atoms with Crippen molar-refractivity contribution < 1.29 is 9.59 Å². The van der Waals surface area contributed by atoms with E-state index in [-0.39, 0.29) is 11.6 Å². The van der Waals surface area contributed by atoms with E-state index in [0.29, 0.717) is 35.6 Å². The van der Waals surface area contributed by atoms with Gasteiger partial charge in [0, 0.05) is 24.2 Å². The normalized spacial score (nSPS) is 18.4. The van der Waals surface area contributed by atoms with Gasteiger partial charge in [0.1, 0.15) is 11.4 Å². The van der Waals surface area contributed by atoms with Crippen molar-refractivity contribution >= 4 is 22.9 Å². The van der Waals surface area contributed by atoms with Crippen LogP contribution < -0.4 is 9.80 Å². The molecule has 0 fully saturated rings. The number of nitrogens with zero attached hydrogens (tertiary/aromatic N) is 2. The van der Waals surface area contributed by atoms with Crippen molar-refractivity contribution in [2.75, 3.05) is 22.9 Å². The van der Waals surface area contributed by atoms with E-state index in [1.54, 1.807) is 0 Å². The Balaban J connectivity index is 1.79. The molecule has 0 N–H and O–H groups in total. The Kier molecular flexibility index (Phi) is 2.06. The number of rotatable bonds is 0. The second-order valence-electron chi connectivity index (χ2n) is 5.69. The van der Waals surface area contributed by atoms with Gasteiger partial charge in [0.05, 0.1) is 11.4 Å². The van der Waals surface area contributed by atoms with Gasteiger partial charge in [0.25, 0.3) is 0 Å². The predicted octanol–water partition coefficient (Wildman–Crippen LogP) is 2.62. The zero-order valence-corrected chi connectivity index (χ0v) is 11.7. The van der Waals surface area contributed by atoms with Crippen molar-refractivity contribution in [2.45, 2.75) is 0 Å². The molecule has 3 aliphatic heterocycles. The lowest BCUT2D eigenvalue weighted by molar-refractivity contribution is 0.100. The van der Waals surface area contributed by atoms with E-state index >= 15 is 0 Å². The van der Waals surface area contributed by atoms with Gasteiger partial charge >= 0.3 is 0 Å². The summed E-state index contributed by atoms with van der Waals surface area (Å²) in [7, 11) is 0. The summed E-state index contributed by atoms with van der Waals surface area (Å²) < 4.78 is 0. The van der Waals surface area contributed by atoms with Crippen LogP contribution in [0, 0.1) is 0 Å². The number of Topliss-reactive ketones (excluding diaryl/α,β-unsaturated/α-hetero) is 2. The summed E-state index contributed by atoms with van der Waals surface area (Å²) in [5.74, 6) is -0.0899. The zero-order valence-electron chi connectivity index (χ0n) is 11.7. The van der Waals surface area contributed by atoms with Crippen molar-refractivity contribution in [3.05, 3.63) is 71.1 Å². The Morgan fingerprint density at radius 2 is 1.05 bits per heavy atom. The summed E-state index contributed by atoms with van der Waals surface area (Å²) in [6.45, 7) is 1.42. The molecule has 22 heavy (non-hydrogen) atoms. The molecule has 4 heteroatoms. The summed E-state index contributed by atoms with van der Waals surface area (Å²) in [5.41, 5.74) is 4.28. The fourth-order valence-corrected chi connectivity index (χ4v) is 3.68. The number of carbonyl (C=O) groups is 2. The number of fused-ring (bicyclic) bond motifs is 6. The average Bonchev–Trinajstić information content (AvgIpc) is 3.02. The van der Waals surface area contributed by atoms with Gasteiger partial charge in [-0.15, -0.1) is 0 Å². The molecule has 3 heterocycles. The van der Waals surface area contributed by atoms with E-state index < -0.39 is 0 Å². The van der Waals surface area contributed by atoms with E-state index in [0.717, 1.165) is 11.4 Å². The molecule has 5 rings (SSSR count). The van der Waals surface area contributed by atoms with Crippen LogP contribution in [0.4, 0.5) is 11.4 Å². The highest BCUT2D eigenvalue weighted by molar-refractivity contribution is 6.28. The first-order valence-corrected chi connectivity index (χ1v) is 7.34. The maximum absolute atomic E-state index is 12.8. The van der Waals surface area contributed by atoms with Crippen LogP contribution in [-0.4, -0.2) is 24.7 Å². The fourth-order valence-electron chi connectivity index (χ4n) is 3.68. The monoisotopic (exact) mass is 288 g/mol. The molecule has 0 bridgehead atoms. The average molecular weight is 288 g/mol. The Morgan fingerprint density at radius 3 is 1.50 bits per heavy atom. The van der Waals surface area contributed by atoms with Crippen LogP contribution in [0.25, 0.3) is 0 Å². The maximum atomic E-state index is 12.8. The predicted molar refractivity (Wildman–Crippen MR) is 83.3 cm³/mol. The quantitative estimate of drug-likeness (QED) is 0.747. The molecule has 106 valence electrons. The second kappa shape index (κ2) is 3.85. The molecule has 3 aliphatic rings. The molecule has 4 nitrogen and oxygen atoms in total. The van der Waals surface area contributed by atoms with Gasteiger partial charge in [-0.3, -0.25) is 9.59 Å². The molecule has 0 radical (unpaired) electrons. The van der Waals surface area contributed by atoms with Gasteiger partial charge in [-0.2, -0.15) is 0 Å². The van der Waals surface area contributed by atoms with E-state index in [1.165, 1.54) is 0 Å². The summed E-state index contributed by atoms with van der Waals surface area (Å²) in [6.07, 6.45) is 0. The number of para-hydroxylation sites is 2. The highest BCUT2D eigenvalue weighted by Gasteiger charge is 2.45. The van der Waals surface area contributed by atoms with Crippen molar-refractivity contribution in [3.8, 4) is 0 Å². The third-order valence-electron chi connectivity index (χ3n) is 4.62. The molecule has 2 aromatic rings. The van der Waals surface area contributed by atoms with Crippen LogP contribution in [-0.2, 0) is 0 Å². The number of allylic oxidation sites excluding steroid dienone is 2. The van der Waals surface area contributed by atoms with Crippen LogP contribution in [0.1, 0.15) is 20.7 Å². The van der Waals surface area contributed by atoms with Gasteiger partial charge in [0.2, 0.25) is 11.6 Å². The van der Waals surface area contributed by atoms with Crippen LogP contribution in [0.3, 0.4) is 0 Å². The number of hydrogen-bond acceptors (Lipinski definition) is 4. The molecule has 0 spiro atoms. The number of benzene rings is 2. The lowest BCUT2D eigenvalue weighted by atomic mass is 10.1. The highest BCUT2D eigenvalue weighted by atomic mass is 16.1. The van der Waals surface area contributed by atoms with Crippen molar-refractivity contribution in [1.82, 2.24) is 0 Å². The van der Waals surface area contributed by atoms with Gasteiger partial charge in [0.15, 0.2) is 0 Å². The van der Waals surface area contributed by atoms with Crippen LogP contribution in [0.5, 0.6) is 0 Å². The van der Waals surface area contributed by atoms with Gasteiger partial charge in [-0.05, 0) is 24.3 Å². The summed E-state index contributed by atoms with van der Waals surface area (Å²) in [5, 5.41) is 0. The van der Waals surface area contributed by atoms with E-state index in [1.807, 2.05) is 58.3 Å². The van der Waals surface area contributed by atoms with Gasteiger partial charge in [-0.25, -0.2) is 0 Å². The summed E-state index contributed by atoms with van der Waals surface area (Å²) in [6, 6.07) is 15.1. The standard InChI is InChI=1S/C18H12N2O2/c21-17-11-5-1-3-7-13(11)19-9-10-20-14-8-4-2-6-12(14)18(22)16(20)15(17)19/h1-8H,9-10H2. The first kappa shape index (κ1) is 11.7. The minimum absolute atomic E-state index is 0.0449. The molecule has 0 unspecified atom stereocenters. The number of ketones is 2. The molecule has 0 saturated carbocycles. The smallest absolute Gasteiger partial charge is 0.213 e. The molecular weight excluding hydrogens is 276 g/mol. The molecule has 0 atom stereocenters. The number of carbonyl (C=O) groups excluding carboxylic acids is 2. The molecule has 0 aromatic heterocycles. The second-order valence-corrected chi connectivity index (χ2v) is 5.69.